The van der Waals surface area contributed by atoms with Gasteiger partial charge in [-0.1, -0.05) is 12.1 Å². The number of alkyl halides is 2. The highest BCUT2D eigenvalue weighted by Crippen LogP contribution is 2.36. The van der Waals surface area contributed by atoms with Crippen LogP contribution in [0, 0.1) is 5.92 Å². The lowest BCUT2D eigenvalue weighted by Crippen LogP contribution is -2.41. The lowest BCUT2D eigenvalue weighted by molar-refractivity contribution is -0.129. The van der Waals surface area contributed by atoms with Crippen molar-refractivity contribution in [1.29, 1.82) is 0 Å². The molecule has 168 valence electrons. The number of hydrogen-bond acceptors (Lipinski definition) is 4. The fraction of sp³-hybridized carbons (Fsp3) is 0.591. The van der Waals surface area contributed by atoms with E-state index in [1.54, 1.807) is 11.7 Å². The second kappa shape index (κ2) is 8.80. The fourth-order valence-corrected chi connectivity index (χ4v) is 4.44. The molecule has 4 rings (SSSR count). The summed E-state index contributed by atoms with van der Waals surface area (Å²) in [7, 11) is 1.60. The van der Waals surface area contributed by atoms with Crippen LogP contribution in [0.1, 0.15) is 49.9 Å². The van der Waals surface area contributed by atoms with Crippen molar-refractivity contribution < 1.29 is 18.3 Å². The van der Waals surface area contributed by atoms with Crippen LogP contribution in [0.2, 0.25) is 0 Å². The molecular weight excluding hydrogens is 406 g/mol. The number of aromatic nitrogens is 3. The minimum atomic E-state index is -2.64. The molecule has 1 amide bonds. The second-order valence-corrected chi connectivity index (χ2v) is 8.52. The third-order valence-corrected chi connectivity index (χ3v) is 6.32. The minimum absolute atomic E-state index is 0.0807. The second-order valence-electron chi connectivity index (χ2n) is 8.52. The van der Waals surface area contributed by atoms with Gasteiger partial charge in [-0.2, -0.15) is 5.10 Å². The number of hydrogen-bond donors (Lipinski definition) is 1. The molecule has 9 heteroatoms. The molecule has 31 heavy (non-hydrogen) atoms. The van der Waals surface area contributed by atoms with Crippen molar-refractivity contribution in [2.45, 2.75) is 70.0 Å². The lowest BCUT2D eigenvalue weighted by atomic mass is 9.86. The first-order chi connectivity index (χ1) is 14.8. The molecule has 1 atom stereocenters. The molecule has 1 fully saturated rings. The summed E-state index contributed by atoms with van der Waals surface area (Å²) in [4.78, 5) is 25.4. The van der Waals surface area contributed by atoms with Gasteiger partial charge < -0.3 is 10.1 Å². The van der Waals surface area contributed by atoms with Crippen LogP contribution in [0.25, 0.3) is 0 Å². The monoisotopic (exact) mass is 434 g/mol. The summed E-state index contributed by atoms with van der Waals surface area (Å²) in [5, 5.41) is 7.53. The molecule has 1 N–H and O–H groups in total. The van der Waals surface area contributed by atoms with Crippen LogP contribution in [-0.4, -0.2) is 39.3 Å². The van der Waals surface area contributed by atoms with Crippen molar-refractivity contribution in [3.63, 3.8) is 0 Å². The van der Waals surface area contributed by atoms with E-state index in [0.29, 0.717) is 38.2 Å². The van der Waals surface area contributed by atoms with Gasteiger partial charge in [0.25, 0.3) is 0 Å². The molecule has 1 aromatic carbocycles. The third-order valence-electron chi connectivity index (χ3n) is 6.32. The van der Waals surface area contributed by atoms with Crippen LogP contribution in [0.15, 0.2) is 29.1 Å². The molecule has 0 bridgehead atoms. The van der Waals surface area contributed by atoms with Gasteiger partial charge in [-0.25, -0.2) is 18.3 Å². The summed E-state index contributed by atoms with van der Waals surface area (Å²) in [5.74, 6) is -1.69. The van der Waals surface area contributed by atoms with E-state index >= 15 is 0 Å². The van der Waals surface area contributed by atoms with Crippen LogP contribution < -0.4 is 15.7 Å². The molecule has 2 aromatic rings. The average molecular weight is 434 g/mol. The van der Waals surface area contributed by atoms with Gasteiger partial charge in [-0.05, 0) is 43.4 Å². The molecule has 7 nitrogen and oxygen atoms in total. The smallest absolute Gasteiger partial charge is 0.346 e. The number of nitrogens with one attached hydrogen (secondary N) is 1. The van der Waals surface area contributed by atoms with Gasteiger partial charge in [0.15, 0.2) is 0 Å². The number of fused-ring (bicyclic) bond motifs is 1. The number of amides is 1. The van der Waals surface area contributed by atoms with E-state index in [1.165, 1.54) is 4.68 Å². The zero-order chi connectivity index (χ0) is 22.0. The Morgan fingerprint density at radius 1 is 1.26 bits per heavy atom. The Morgan fingerprint density at radius 3 is 2.77 bits per heavy atom. The summed E-state index contributed by atoms with van der Waals surface area (Å²) >= 11 is 0. The molecule has 2 aliphatic rings. The zero-order valence-electron chi connectivity index (χ0n) is 17.7. The quantitative estimate of drug-likeness (QED) is 0.785. The maximum atomic E-state index is 13.3. The van der Waals surface area contributed by atoms with Crippen LogP contribution in [0.5, 0.6) is 5.75 Å². The summed E-state index contributed by atoms with van der Waals surface area (Å²) in [6, 6.07) is 7.45. The number of carbonyl (C=O) groups is 1. The van der Waals surface area contributed by atoms with Gasteiger partial charge >= 0.3 is 5.69 Å². The van der Waals surface area contributed by atoms with E-state index in [0.717, 1.165) is 11.3 Å². The van der Waals surface area contributed by atoms with E-state index in [1.807, 2.05) is 24.3 Å². The maximum Gasteiger partial charge on any atom is 0.346 e. The van der Waals surface area contributed by atoms with E-state index < -0.39 is 5.92 Å². The maximum absolute atomic E-state index is 13.3. The van der Waals surface area contributed by atoms with E-state index in [4.69, 9.17) is 4.74 Å². The molecule has 0 saturated heterocycles. The average Bonchev–Trinajstić information content (AvgIpc) is 2.91. The number of benzene rings is 1. The van der Waals surface area contributed by atoms with Gasteiger partial charge in [0, 0.05) is 37.8 Å². The number of nitrogens with zero attached hydrogens (tertiary/aromatic N) is 3. The van der Waals surface area contributed by atoms with Gasteiger partial charge in [0.05, 0.1) is 13.7 Å². The number of methoxy groups -OCH3 is 1. The molecular formula is C22H28F2N4O3. The SMILES string of the molecule is COc1cccc(Cn2nc3n(c2=O)CCC(NC(=O)C2CCC(F)(F)CC2)CC3)c1. The predicted octanol–water partition coefficient (Wildman–Crippen LogP) is 2.75. The summed E-state index contributed by atoms with van der Waals surface area (Å²) in [6.45, 7) is 0.836. The van der Waals surface area contributed by atoms with Gasteiger partial charge in [-0.15, -0.1) is 0 Å². The highest BCUT2D eigenvalue weighted by molar-refractivity contribution is 5.79. The predicted molar refractivity (Wildman–Crippen MR) is 110 cm³/mol. The molecule has 1 unspecified atom stereocenters. The van der Waals surface area contributed by atoms with Crippen LogP contribution >= 0.6 is 0 Å². The summed E-state index contributed by atoms with van der Waals surface area (Å²) in [6.07, 6.45) is 1.87. The largest absolute Gasteiger partial charge is 0.497 e. The lowest BCUT2D eigenvalue weighted by Gasteiger charge is -2.28. The zero-order valence-corrected chi connectivity index (χ0v) is 17.7. The third kappa shape index (κ3) is 4.97. The Morgan fingerprint density at radius 2 is 2.03 bits per heavy atom. The molecule has 1 aliphatic heterocycles. The highest BCUT2D eigenvalue weighted by Gasteiger charge is 2.37. The van der Waals surface area contributed by atoms with Crippen molar-refractivity contribution in [3.8, 4) is 5.75 Å². The van der Waals surface area contributed by atoms with Crippen LogP contribution in [-0.2, 0) is 24.3 Å². The molecule has 1 aromatic heterocycles. The highest BCUT2D eigenvalue weighted by atomic mass is 19.3. The van der Waals surface area contributed by atoms with Crippen molar-refractivity contribution in [1.82, 2.24) is 19.7 Å². The number of aryl methyl sites for hydroxylation is 1. The Bertz CT molecular complexity index is 991. The number of halogens is 2. The topological polar surface area (TPSA) is 78.2 Å². The first-order valence-corrected chi connectivity index (χ1v) is 10.8. The first-order valence-electron chi connectivity index (χ1n) is 10.8. The van der Waals surface area contributed by atoms with Gasteiger partial charge in [-0.3, -0.25) is 9.36 Å². The fourth-order valence-electron chi connectivity index (χ4n) is 4.44. The van der Waals surface area contributed by atoms with Crippen LogP contribution in [0.4, 0.5) is 8.78 Å². The van der Waals surface area contributed by atoms with Crippen molar-refractivity contribution >= 4 is 5.91 Å². The number of carbonyl (C=O) groups excluding carboxylic acids is 1. The summed E-state index contributed by atoms with van der Waals surface area (Å²) in [5.41, 5.74) is 0.761. The van der Waals surface area contributed by atoms with E-state index in [9.17, 15) is 18.4 Å². The normalized spacial score (nSPS) is 21.2. The van der Waals surface area contributed by atoms with Crippen LogP contribution in [0.3, 0.4) is 0 Å². The Labute approximate surface area is 179 Å². The molecule has 0 radical (unpaired) electrons. The Hall–Kier alpha value is -2.71. The van der Waals surface area contributed by atoms with Crippen molar-refractivity contribution in [3.05, 3.63) is 46.1 Å². The minimum Gasteiger partial charge on any atom is -0.497 e. The standard InChI is InChI=1S/C22H28F2N4O3/c1-31-18-4-2-3-15(13-18)14-28-21(30)27-12-9-17(5-6-19(27)26-28)25-20(29)16-7-10-22(23,24)11-8-16/h2-4,13,16-17H,5-12,14H2,1H3,(H,25,29). The van der Waals surface area contributed by atoms with Crippen molar-refractivity contribution in [2.24, 2.45) is 5.92 Å². The van der Waals surface area contributed by atoms with Gasteiger partial charge in [0.2, 0.25) is 11.8 Å². The molecule has 0 spiro atoms. The number of ether oxygens (including phenoxy) is 1. The van der Waals surface area contributed by atoms with E-state index in [2.05, 4.69) is 10.4 Å². The Balaban J connectivity index is 1.36. The molecule has 1 saturated carbocycles. The Kier molecular flexibility index (Phi) is 6.11. The molecule has 2 heterocycles. The first kappa shape index (κ1) is 21.5. The van der Waals surface area contributed by atoms with Crippen molar-refractivity contribution in [2.75, 3.05) is 7.11 Å². The molecule has 1 aliphatic carbocycles. The number of rotatable bonds is 5. The van der Waals surface area contributed by atoms with E-state index in [-0.39, 0.29) is 49.2 Å². The van der Waals surface area contributed by atoms with Gasteiger partial charge in [0.1, 0.15) is 11.6 Å². The summed E-state index contributed by atoms with van der Waals surface area (Å²) < 4.78 is 35.0.